The van der Waals surface area contributed by atoms with E-state index in [0.29, 0.717) is 12.5 Å². The molecule has 1 rings (SSSR count). The Morgan fingerprint density at radius 2 is 2.33 bits per heavy atom. The predicted molar refractivity (Wildman–Crippen MR) is 62.9 cm³/mol. The van der Waals surface area contributed by atoms with Crippen LogP contribution in [0.15, 0.2) is 12.7 Å². The van der Waals surface area contributed by atoms with Crippen molar-refractivity contribution in [3.05, 3.63) is 12.7 Å². The van der Waals surface area contributed by atoms with E-state index in [0.717, 1.165) is 18.6 Å². The van der Waals surface area contributed by atoms with Crippen molar-refractivity contribution in [3.8, 4) is 0 Å². The average molecular weight is 229 g/mol. The second-order valence-corrected chi connectivity index (χ2v) is 5.72. The molecule has 4 heteroatoms. The van der Waals surface area contributed by atoms with Gasteiger partial charge in [-0.3, -0.25) is 13.7 Å². The molecule has 0 saturated heterocycles. The molecule has 0 spiro atoms. The molecule has 0 aromatic heterocycles. The van der Waals surface area contributed by atoms with Gasteiger partial charge in [-0.1, -0.05) is 26.8 Å². The lowest BCUT2D eigenvalue weighted by Gasteiger charge is -2.16. The maximum atomic E-state index is 11.4. The Hall–Kier alpha value is -0.480. The normalized spacial score (nSPS) is 24.7. The van der Waals surface area contributed by atoms with Crippen molar-refractivity contribution in [3.63, 3.8) is 0 Å². The number of rotatable bonds is 5. The van der Waals surface area contributed by atoms with Gasteiger partial charge in [0.15, 0.2) is 0 Å². The number of nitrogens with one attached hydrogen (secondary N) is 1. The minimum absolute atomic E-state index is 0.0545. The smallest absolute Gasteiger partial charge is 0.235 e. The lowest BCUT2D eigenvalue weighted by atomic mass is 9.99. The summed E-state index contributed by atoms with van der Waals surface area (Å²) in [7, 11) is 0. The molecule has 1 amide bonds. The molecule has 1 fully saturated rings. The van der Waals surface area contributed by atoms with Crippen molar-refractivity contribution in [2.45, 2.75) is 27.2 Å². The summed E-state index contributed by atoms with van der Waals surface area (Å²) in [6.45, 7) is 10.5. The third-order valence-corrected chi connectivity index (χ3v) is 2.69. The molecular weight excluding hydrogens is 210 g/mol. The molecule has 0 aromatic carbocycles. The molecule has 3 nitrogen and oxygen atoms in total. The monoisotopic (exact) mass is 229 g/mol. The zero-order chi connectivity index (χ0) is 11.5. The zero-order valence-electron chi connectivity index (χ0n) is 9.58. The van der Waals surface area contributed by atoms with E-state index >= 15 is 0 Å². The van der Waals surface area contributed by atoms with Crippen molar-refractivity contribution in [2.75, 3.05) is 6.61 Å². The van der Waals surface area contributed by atoms with Crippen LogP contribution in [-0.4, -0.2) is 12.5 Å². The van der Waals surface area contributed by atoms with Gasteiger partial charge in [-0.2, -0.15) is 0 Å². The lowest BCUT2D eigenvalue weighted by molar-refractivity contribution is -0.120. The summed E-state index contributed by atoms with van der Waals surface area (Å²) >= 11 is 1.04. The van der Waals surface area contributed by atoms with Crippen molar-refractivity contribution in [1.29, 1.82) is 0 Å². The fourth-order valence-corrected chi connectivity index (χ4v) is 1.83. The van der Waals surface area contributed by atoms with Crippen LogP contribution in [0.4, 0.5) is 0 Å². The van der Waals surface area contributed by atoms with Gasteiger partial charge >= 0.3 is 0 Å². The Morgan fingerprint density at radius 1 is 1.67 bits per heavy atom. The van der Waals surface area contributed by atoms with E-state index in [1.54, 1.807) is 0 Å². The summed E-state index contributed by atoms with van der Waals surface area (Å²) in [6, 6.07) is 0. The van der Waals surface area contributed by atoms with Gasteiger partial charge in [0.05, 0.1) is 6.61 Å². The van der Waals surface area contributed by atoms with E-state index < -0.39 is 0 Å². The fourth-order valence-electron chi connectivity index (χ4n) is 1.13. The highest BCUT2D eigenvalue weighted by molar-refractivity contribution is 7.93. The molecule has 86 valence electrons. The Kier molecular flexibility index (Phi) is 4.22. The molecule has 15 heavy (non-hydrogen) atoms. The first-order valence-electron chi connectivity index (χ1n) is 5.15. The second kappa shape index (κ2) is 5.03. The van der Waals surface area contributed by atoms with Gasteiger partial charge in [0.2, 0.25) is 5.91 Å². The van der Waals surface area contributed by atoms with E-state index in [1.807, 2.05) is 6.08 Å². The van der Waals surface area contributed by atoms with E-state index in [2.05, 4.69) is 32.1 Å². The number of hydrogen-bond donors (Lipinski definition) is 1. The van der Waals surface area contributed by atoms with Crippen LogP contribution in [0.25, 0.3) is 0 Å². The second-order valence-electron chi connectivity index (χ2n) is 5.11. The molecule has 0 heterocycles. The highest BCUT2D eigenvalue weighted by Gasteiger charge is 2.40. The summed E-state index contributed by atoms with van der Waals surface area (Å²) < 4.78 is 7.96. The Labute approximate surface area is 96.0 Å². The van der Waals surface area contributed by atoms with Crippen LogP contribution in [0.1, 0.15) is 27.2 Å². The van der Waals surface area contributed by atoms with Gasteiger partial charge < -0.3 is 0 Å². The van der Waals surface area contributed by atoms with Crippen molar-refractivity contribution >= 4 is 18.1 Å². The van der Waals surface area contributed by atoms with Gasteiger partial charge in [0.1, 0.15) is 12.2 Å². The molecule has 1 saturated carbocycles. The number of hydrogen-bond acceptors (Lipinski definition) is 3. The molecule has 0 aromatic rings. The number of amides is 1. The highest BCUT2D eigenvalue weighted by Crippen LogP contribution is 2.39. The number of carbonyl (C=O) groups is 1. The van der Waals surface area contributed by atoms with Crippen LogP contribution >= 0.6 is 12.2 Å². The molecule has 1 aliphatic rings. The molecule has 0 radical (unpaired) electrons. The predicted octanol–water partition coefficient (Wildman–Crippen LogP) is 2.55. The van der Waals surface area contributed by atoms with Crippen LogP contribution in [0, 0.1) is 17.3 Å². The minimum Gasteiger partial charge on any atom is -0.296 e. The Morgan fingerprint density at radius 3 is 2.80 bits per heavy atom. The molecular formula is C11H19NO2S. The maximum Gasteiger partial charge on any atom is 0.235 e. The number of carbonyl (C=O) groups excluding carboxylic acids is 1. The third-order valence-electron chi connectivity index (χ3n) is 2.17. The molecule has 0 bridgehead atoms. The van der Waals surface area contributed by atoms with Crippen LogP contribution in [0.5, 0.6) is 0 Å². The zero-order valence-corrected chi connectivity index (χ0v) is 10.4. The number of allylic oxidation sites excluding steroid dienone is 1. The van der Waals surface area contributed by atoms with E-state index in [-0.39, 0.29) is 17.2 Å². The van der Waals surface area contributed by atoms with Gasteiger partial charge in [0.25, 0.3) is 0 Å². The van der Waals surface area contributed by atoms with E-state index in [1.165, 1.54) is 0 Å². The SMILES string of the molecule is C=C[C@@H]1C[C@@H]1C(=O)NSOCC(C)(C)C. The van der Waals surface area contributed by atoms with Crippen molar-refractivity contribution in [1.82, 2.24) is 4.72 Å². The van der Waals surface area contributed by atoms with Gasteiger partial charge in [-0.25, -0.2) is 0 Å². The summed E-state index contributed by atoms with van der Waals surface area (Å²) in [5.74, 6) is 0.542. The first kappa shape index (κ1) is 12.6. The molecule has 0 unspecified atom stereocenters. The molecule has 1 N–H and O–H groups in total. The molecule has 0 aliphatic heterocycles. The molecule has 2 atom stereocenters. The van der Waals surface area contributed by atoms with Gasteiger partial charge in [-0.05, 0) is 17.8 Å². The van der Waals surface area contributed by atoms with Gasteiger partial charge in [-0.15, -0.1) is 6.58 Å². The molecule has 1 aliphatic carbocycles. The van der Waals surface area contributed by atoms with E-state index in [4.69, 9.17) is 4.18 Å². The fraction of sp³-hybridized carbons (Fsp3) is 0.727. The quantitative estimate of drug-likeness (QED) is 0.341. The summed E-state index contributed by atoms with van der Waals surface area (Å²) in [6.07, 6.45) is 2.76. The van der Waals surface area contributed by atoms with Crippen molar-refractivity contribution < 1.29 is 8.98 Å². The van der Waals surface area contributed by atoms with Crippen LogP contribution in [-0.2, 0) is 8.98 Å². The summed E-state index contributed by atoms with van der Waals surface area (Å²) in [5, 5.41) is 0. The first-order valence-corrected chi connectivity index (χ1v) is 5.89. The van der Waals surface area contributed by atoms with E-state index in [9.17, 15) is 4.79 Å². The van der Waals surface area contributed by atoms with Crippen LogP contribution in [0.3, 0.4) is 0 Å². The standard InChI is InChI=1S/C11H19NO2S/c1-5-8-6-9(8)10(13)12-15-14-7-11(2,3)4/h5,8-9H,1,6-7H2,2-4H3,(H,12,13)/t8-,9+/m1/s1. The first-order chi connectivity index (χ1) is 6.94. The summed E-state index contributed by atoms with van der Waals surface area (Å²) in [4.78, 5) is 11.4. The average Bonchev–Trinajstić information content (AvgIpc) is 2.89. The van der Waals surface area contributed by atoms with Crippen LogP contribution < -0.4 is 4.72 Å². The summed E-state index contributed by atoms with van der Waals surface area (Å²) in [5.41, 5.74) is 0.126. The van der Waals surface area contributed by atoms with Crippen LogP contribution in [0.2, 0.25) is 0 Å². The Bertz CT molecular complexity index is 247. The van der Waals surface area contributed by atoms with Crippen molar-refractivity contribution in [2.24, 2.45) is 17.3 Å². The largest absolute Gasteiger partial charge is 0.296 e. The maximum absolute atomic E-state index is 11.4. The third kappa shape index (κ3) is 4.71. The Balaban J connectivity index is 2.06. The lowest BCUT2D eigenvalue weighted by Crippen LogP contribution is -2.20. The van der Waals surface area contributed by atoms with Gasteiger partial charge in [0, 0.05) is 5.92 Å². The highest BCUT2D eigenvalue weighted by atomic mass is 32.2. The topological polar surface area (TPSA) is 38.3 Å². The minimum atomic E-state index is 0.0545.